The van der Waals surface area contributed by atoms with E-state index in [9.17, 15) is 9.59 Å². The lowest BCUT2D eigenvalue weighted by atomic mass is 10.3. The van der Waals surface area contributed by atoms with E-state index >= 15 is 0 Å². The van der Waals surface area contributed by atoms with Gasteiger partial charge in [-0.15, -0.1) is 0 Å². The molecule has 1 rings (SSSR count). The summed E-state index contributed by atoms with van der Waals surface area (Å²) in [6.45, 7) is 0.588. The van der Waals surface area contributed by atoms with Crippen LogP contribution in [-0.4, -0.2) is 36.9 Å². The maximum Gasteiger partial charge on any atom is 0.329 e. The monoisotopic (exact) mass is 258 g/mol. The Hall–Kier alpha value is -1.60. The molecular formula is C10H14N2O4S. The van der Waals surface area contributed by atoms with Gasteiger partial charge in [-0.25, -0.2) is 9.59 Å². The van der Waals surface area contributed by atoms with Crippen molar-refractivity contribution in [1.29, 1.82) is 0 Å². The molecule has 0 saturated heterocycles. The highest BCUT2D eigenvalue weighted by Crippen LogP contribution is 2.04. The van der Waals surface area contributed by atoms with E-state index in [4.69, 9.17) is 9.84 Å². The van der Waals surface area contributed by atoms with Crippen molar-refractivity contribution in [3.05, 3.63) is 22.4 Å². The molecule has 0 aliphatic carbocycles. The third kappa shape index (κ3) is 6.54. The molecule has 0 spiro atoms. The Balaban J connectivity index is 2.00. The van der Waals surface area contributed by atoms with Gasteiger partial charge in [0.1, 0.15) is 6.61 Å². The lowest BCUT2D eigenvalue weighted by Crippen LogP contribution is -2.37. The van der Waals surface area contributed by atoms with Crippen LogP contribution in [0.2, 0.25) is 0 Å². The van der Waals surface area contributed by atoms with Crippen molar-refractivity contribution in [1.82, 2.24) is 10.6 Å². The quantitative estimate of drug-likeness (QED) is 0.627. The number of nitrogens with one attached hydrogen (secondary N) is 2. The van der Waals surface area contributed by atoms with Crippen molar-refractivity contribution in [2.24, 2.45) is 0 Å². The summed E-state index contributed by atoms with van der Waals surface area (Å²) < 4.78 is 4.76. The van der Waals surface area contributed by atoms with Crippen molar-refractivity contribution in [3.8, 4) is 0 Å². The maximum atomic E-state index is 11.2. The Labute approximate surface area is 103 Å². The Morgan fingerprint density at radius 1 is 1.41 bits per heavy atom. The van der Waals surface area contributed by atoms with Crippen molar-refractivity contribution in [3.63, 3.8) is 0 Å². The first-order valence-corrected chi connectivity index (χ1v) is 5.95. The molecule has 0 radical (unpaired) electrons. The zero-order chi connectivity index (χ0) is 12.5. The molecule has 1 aromatic heterocycles. The summed E-state index contributed by atoms with van der Waals surface area (Å²) in [5, 5.41) is 17.4. The van der Waals surface area contributed by atoms with E-state index in [1.54, 1.807) is 11.3 Å². The zero-order valence-electron chi connectivity index (χ0n) is 9.14. The Morgan fingerprint density at radius 2 is 2.24 bits per heavy atom. The minimum atomic E-state index is -1.02. The van der Waals surface area contributed by atoms with Gasteiger partial charge in [0.15, 0.2) is 0 Å². The van der Waals surface area contributed by atoms with E-state index in [1.165, 1.54) is 0 Å². The van der Waals surface area contributed by atoms with Crippen LogP contribution < -0.4 is 10.6 Å². The number of carboxylic acid groups (broad SMARTS) is 1. The Kier molecular flexibility index (Phi) is 6.05. The second-order valence-electron chi connectivity index (χ2n) is 3.19. The van der Waals surface area contributed by atoms with Gasteiger partial charge < -0.3 is 20.5 Å². The third-order valence-electron chi connectivity index (χ3n) is 1.79. The van der Waals surface area contributed by atoms with E-state index in [0.29, 0.717) is 6.54 Å². The van der Waals surface area contributed by atoms with Gasteiger partial charge in [-0.1, -0.05) is 0 Å². The number of rotatable bonds is 7. The fourth-order valence-electron chi connectivity index (χ4n) is 1.03. The molecule has 0 saturated carbocycles. The molecule has 3 N–H and O–H groups in total. The van der Waals surface area contributed by atoms with Gasteiger partial charge in [-0.2, -0.15) is 11.3 Å². The van der Waals surface area contributed by atoms with Crippen LogP contribution in [0.15, 0.2) is 16.8 Å². The van der Waals surface area contributed by atoms with E-state index < -0.39 is 5.97 Å². The molecule has 2 amide bonds. The minimum absolute atomic E-state index is 0.179. The molecule has 17 heavy (non-hydrogen) atoms. The molecule has 0 atom stereocenters. The molecule has 0 unspecified atom stereocenters. The van der Waals surface area contributed by atoms with E-state index in [-0.39, 0.29) is 25.8 Å². The predicted octanol–water partition coefficient (Wildman–Crippen LogP) is 0.649. The predicted molar refractivity (Wildman–Crippen MR) is 63.0 cm³/mol. The van der Waals surface area contributed by atoms with Gasteiger partial charge in [0.25, 0.3) is 0 Å². The SMILES string of the molecule is O=C(O)COCCNC(=O)NCc1ccsc1. The summed E-state index contributed by atoms with van der Waals surface area (Å²) in [7, 11) is 0. The van der Waals surface area contributed by atoms with Crippen LogP contribution in [0.5, 0.6) is 0 Å². The highest BCUT2D eigenvalue weighted by Gasteiger charge is 2.00. The van der Waals surface area contributed by atoms with Crippen molar-refractivity contribution >= 4 is 23.3 Å². The molecule has 0 aliphatic rings. The molecule has 0 aliphatic heterocycles. The second-order valence-corrected chi connectivity index (χ2v) is 3.97. The van der Waals surface area contributed by atoms with Crippen molar-refractivity contribution in [2.45, 2.75) is 6.54 Å². The van der Waals surface area contributed by atoms with Gasteiger partial charge in [0.05, 0.1) is 6.61 Å². The lowest BCUT2D eigenvalue weighted by Gasteiger charge is -2.06. The van der Waals surface area contributed by atoms with Crippen LogP contribution in [0.1, 0.15) is 5.56 Å². The molecule has 7 heteroatoms. The summed E-state index contributed by atoms with van der Waals surface area (Å²) in [6, 6.07) is 1.64. The van der Waals surface area contributed by atoms with Crippen LogP contribution in [0.4, 0.5) is 4.79 Å². The van der Waals surface area contributed by atoms with Crippen LogP contribution in [0.3, 0.4) is 0 Å². The van der Waals surface area contributed by atoms with E-state index in [2.05, 4.69) is 10.6 Å². The smallest absolute Gasteiger partial charge is 0.329 e. The number of carbonyl (C=O) groups excluding carboxylic acids is 1. The summed E-state index contributed by atoms with van der Waals surface area (Å²) in [5.74, 6) is -1.02. The fraction of sp³-hybridized carbons (Fsp3) is 0.400. The summed E-state index contributed by atoms with van der Waals surface area (Å²) in [5.41, 5.74) is 1.05. The van der Waals surface area contributed by atoms with Gasteiger partial charge in [-0.3, -0.25) is 0 Å². The average molecular weight is 258 g/mol. The van der Waals surface area contributed by atoms with Gasteiger partial charge in [-0.05, 0) is 22.4 Å². The number of thiophene rings is 1. The van der Waals surface area contributed by atoms with Crippen molar-refractivity contribution < 1.29 is 19.4 Å². The number of hydrogen-bond acceptors (Lipinski definition) is 4. The zero-order valence-corrected chi connectivity index (χ0v) is 9.96. The molecule has 0 fully saturated rings. The number of urea groups is 1. The lowest BCUT2D eigenvalue weighted by molar-refractivity contribution is -0.142. The van der Waals surface area contributed by atoms with E-state index in [0.717, 1.165) is 5.56 Å². The summed E-state index contributed by atoms with van der Waals surface area (Å²) in [4.78, 5) is 21.4. The van der Waals surface area contributed by atoms with Gasteiger partial charge in [0, 0.05) is 13.1 Å². The fourth-order valence-corrected chi connectivity index (χ4v) is 1.70. The highest BCUT2D eigenvalue weighted by atomic mass is 32.1. The normalized spacial score (nSPS) is 9.88. The number of carbonyl (C=O) groups is 2. The number of ether oxygens (including phenoxy) is 1. The first-order chi connectivity index (χ1) is 8.18. The third-order valence-corrected chi connectivity index (χ3v) is 2.52. The summed E-state index contributed by atoms with van der Waals surface area (Å²) in [6.07, 6.45) is 0. The molecule has 0 bridgehead atoms. The first kappa shape index (κ1) is 13.5. The molecule has 6 nitrogen and oxygen atoms in total. The van der Waals surface area contributed by atoms with Gasteiger partial charge >= 0.3 is 12.0 Å². The van der Waals surface area contributed by atoms with Crippen LogP contribution in [-0.2, 0) is 16.1 Å². The van der Waals surface area contributed by atoms with Crippen LogP contribution in [0.25, 0.3) is 0 Å². The number of amides is 2. The largest absolute Gasteiger partial charge is 0.480 e. The molecule has 94 valence electrons. The number of carboxylic acids is 1. The first-order valence-electron chi connectivity index (χ1n) is 5.01. The number of hydrogen-bond donors (Lipinski definition) is 3. The topological polar surface area (TPSA) is 87.7 Å². The highest BCUT2D eigenvalue weighted by molar-refractivity contribution is 7.07. The number of aliphatic carboxylic acids is 1. The second kappa shape index (κ2) is 7.64. The Morgan fingerprint density at radius 3 is 2.88 bits per heavy atom. The van der Waals surface area contributed by atoms with Crippen LogP contribution in [0, 0.1) is 0 Å². The molecule has 0 aromatic carbocycles. The Bertz CT molecular complexity index is 353. The van der Waals surface area contributed by atoms with Gasteiger partial charge in [0.2, 0.25) is 0 Å². The molecule has 1 heterocycles. The maximum absolute atomic E-state index is 11.2. The van der Waals surface area contributed by atoms with Crippen molar-refractivity contribution in [2.75, 3.05) is 19.8 Å². The van der Waals surface area contributed by atoms with E-state index in [1.807, 2.05) is 16.8 Å². The van der Waals surface area contributed by atoms with Crippen LogP contribution >= 0.6 is 11.3 Å². The standard InChI is InChI=1S/C10H14N2O4S/c13-9(14)6-16-3-2-11-10(15)12-5-8-1-4-17-7-8/h1,4,7H,2-3,5-6H2,(H,13,14)(H2,11,12,15). The molecular weight excluding hydrogens is 244 g/mol. The average Bonchev–Trinajstić information content (AvgIpc) is 2.78. The summed E-state index contributed by atoms with van der Waals surface area (Å²) >= 11 is 1.57. The minimum Gasteiger partial charge on any atom is -0.480 e. The molecule has 1 aromatic rings.